The maximum absolute atomic E-state index is 10.9. The Balaban J connectivity index is 1.88. The second-order valence-electron chi connectivity index (χ2n) is 9.82. The smallest absolute Gasteiger partial charge is 0.0574 e. The van der Waals surface area contributed by atoms with Gasteiger partial charge in [-0.2, -0.15) is 0 Å². The normalized spacial score (nSPS) is 53.5. The first kappa shape index (κ1) is 17.7. The lowest BCUT2D eigenvalue weighted by atomic mass is 9.42. The minimum Gasteiger partial charge on any atom is -0.396 e. The summed E-state index contributed by atoms with van der Waals surface area (Å²) in [4.78, 5) is 0. The van der Waals surface area contributed by atoms with E-state index >= 15 is 0 Å². The first-order valence-electron chi connectivity index (χ1n) is 9.68. The fraction of sp³-hybridized carbons (Fsp3) is 1.00. The SMILES string of the molecule is CC1(CCO)CCC2C(C1)C(O)CC1C(C)(CO)CCCC21C. The molecule has 3 fully saturated rings. The molecule has 0 aliphatic heterocycles. The lowest BCUT2D eigenvalue weighted by Crippen LogP contribution is -2.59. The Morgan fingerprint density at radius 2 is 1.78 bits per heavy atom. The number of hydrogen-bond donors (Lipinski definition) is 3. The van der Waals surface area contributed by atoms with E-state index in [1.54, 1.807) is 0 Å². The first-order valence-corrected chi connectivity index (χ1v) is 9.68. The molecule has 0 spiro atoms. The third-order valence-electron chi connectivity index (χ3n) is 8.30. The Morgan fingerprint density at radius 3 is 2.43 bits per heavy atom. The number of fused-ring (bicyclic) bond motifs is 3. The fourth-order valence-electron chi connectivity index (χ4n) is 6.87. The molecule has 3 N–H and O–H groups in total. The van der Waals surface area contributed by atoms with Crippen molar-refractivity contribution in [3.8, 4) is 0 Å². The zero-order valence-electron chi connectivity index (χ0n) is 15.2. The van der Waals surface area contributed by atoms with E-state index in [9.17, 15) is 15.3 Å². The van der Waals surface area contributed by atoms with Gasteiger partial charge in [0.05, 0.1) is 6.10 Å². The van der Waals surface area contributed by atoms with Crippen molar-refractivity contribution in [2.45, 2.75) is 78.2 Å². The van der Waals surface area contributed by atoms with Crippen LogP contribution in [-0.4, -0.2) is 34.6 Å². The number of aliphatic hydroxyl groups excluding tert-OH is 3. The molecule has 3 nitrogen and oxygen atoms in total. The van der Waals surface area contributed by atoms with Gasteiger partial charge < -0.3 is 15.3 Å². The molecule has 3 rings (SSSR count). The van der Waals surface area contributed by atoms with E-state index in [2.05, 4.69) is 20.8 Å². The van der Waals surface area contributed by atoms with Gasteiger partial charge in [-0.1, -0.05) is 27.2 Å². The average molecular weight is 325 g/mol. The van der Waals surface area contributed by atoms with E-state index in [1.165, 1.54) is 25.7 Å². The van der Waals surface area contributed by atoms with Gasteiger partial charge >= 0.3 is 0 Å². The molecule has 3 aliphatic rings. The van der Waals surface area contributed by atoms with Crippen LogP contribution in [0.15, 0.2) is 0 Å². The molecule has 0 heterocycles. The molecule has 0 saturated heterocycles. The van der Waals surface area contributed by atoms with Gasteiger partial charge in [0.1, 0.15) is 0 Å². The Kier molecular flexibility index (Phi) is 4.61. The first-order chi connectivity index (χ1) is 10.8. The van der Waals surface area contributed by atoms with Crippen LogP contribution in [0.1, 0.15) is 72.1 Å². The van der Waals surface area contributed by atoms with Crippen molar-refractivity contribution in [1.29, 1.82) is 0 Å². The quantitative estimate of drug-likeness (QED) is 0.746. The summed E-state index contributed by atoms with van der Waals surface area (Å²) in [5.74, 6) is 1.39. The monoisotopic (exact) mass is 324 g/mol. The molecule has 7 unspecified atom stereocenters. The standard InChI is InChI=1S/C20H36O3/c1-18(9-10-21)8-5-15-14(12-18)16(23)11-17-19(2,13-22)6-4-7-20(15,17)3/h14-17,21-23H,4-13H2,1-3H3. The second-order valence-corrected chi connectivity index (χ2v) is 9.82. The summed E-state index contributed by atoms with van der Waals surface area (Å²) in [6.45, 7) is 7.48. The largest absolute Gasteiger partial charge is 0.396 e. The minimum absolute atomic E-state index is 0.0230. The van der Waals surface area contributed by atoms with Crippen LogP contribution in [0.2, 0.25) is 0 Å². The summed E-state index contributed by atoms with van der Waals surface area (Å²) in [5.41, 5.74) is 0.431. The summed E-state index contributed by atoms with van der Waals surface area (Å²) in [5, 5.41) is 30.4. The minimum atomic E-state index is -0.236. The zero-order valence-corrected chi connectivity index (χ0v) is 15.2. The van der Waals surface area contributed by atoms with Crippen molar-refractivity contribution in [3.05, 3.63) is 0 Å². The van der Waals surface area contributed by atoms with Crippen molar-refractivity contribution in [2.75, 3.05) is 13.2 Å². The molecule has 0 bridgehead atoms. The third kappa shape index (κ3) is 2.77. The van der Waals surface area contributed by atoms with Gasteiger partial charge in [0.2, 0.25) is 0 Å². The van der Waals surface area contributed by atoms with Crippen LogP contribution < -0.4 is 0 Å². The van der Waals surface area contributed by atoms with Crippen LogP contribution >= 0.6 is 0 Å². The van der Waals surface area contributed by atoms with Crippen LogP contribution in [0, 0.1) is 34.0 Å². The van der Waals surface area contributed by atoms with Gasteiger partial charge in [0.15, 0.2) is 0 Å². The molecular formula is C20H36O3. The molecule has 3 aliphatic carbocycles. The predicted octanol–water partition coefficient (Wildman–Crippen LogP) is 3.36. The van der Waals surface area contributed by atoms with Gasteiger partial charge in [0, 0.05) is 13.2 Å². The second kappa shape index (κ2) is 6.00. The van der Waals surface area contributed by atoms with Crippen LogP contribution in [-0.2, 0) is 0 Å². The van der Waals surface area contributed by atoms with Crippen molar-refractivity contribution in [2.24, 2.45) is 34.0 Å². The fourth-order valence-corrected chi connectivity index (χ4v) is 6.87. The maximum Gasteiger partial charge on any atom is 0.0574 e. The highest BCUT2D eigenvalue weighted by Crippen LogP contribution is 2.65. The molecule has 0 aromatic heterocycles. The summed E-state index contributed by atoms with van der Waals surface area (Å²) in [6.07, 6.45) is 8.41. The average Bonchev–Trinajstić information content (AvgIpc) is 2.50. The van der Waals surface area contributed by atoms with Crippen LogP contribution in [0.5, 0.6) is 0 Å². The molecule has 3 heteroatoms. The van der Waals surface area contributed by atoms with Crippen molar-refractivity contribution in [1.82, 2.24) is 0 Å². The van der Waals surface area contributed by atoms with E-state index in [0.29, 0.717) is 17.8 Å². The van der Waals surface area contributed by atoms with Crippen LogP contribution in [0.4, 0.5) is 0 Å². The molecule has 23 heavy (non-hydrogen) atoms. The summed E-state index contributed by atoms with van der Waals surface area (Å²) in [6, 6.07) is 0. The Morgan fingerprint density at radius 1 is 1.04 bits per heavy atom. The summed E-state index contributed by atoms with van der Waals surface area (Å²) in [7, 11) is 0. The zero-order chi connectivity index (χ0) is 16.9. The highest BCUT2D eigenvalue weighted by atomic mass is 16.3. The van der Waals surface area contributed by atoms with Gasteiger partial charge in [-0.05, 0) is 78.9 Å². The molecule has 0 radical (unpaired) electrons. The lowest BCUT2D eigenvalue weighted by Gasteiger charge is -2.63. The van der Waals surface area contributed by atoms with Crippen molar-refractivity contribution in [3.63, 3.8) is 0 Å². The van der Waals surface area contributed by atoms with Crippen LogP contribution in [0.3, 0.4) is 0 Å². The Labute approximate surface area is 141 Å². The maximum atomic E-state index is 10.9. The lowest BCUT2D eigenvalue weighted by molar-refractivity contribution is -0.180. The van der Waals surface area contributed by atoms with Crippen molar-refractivity contribution < 1.29 is 15.3 Å². The summed E-state index contributed by atoms with van der Waals surface area (Å²) >= 11 is 0. The van der Waals surface area contributed by atoms with E-state index in [-0.39, 0.29) is 35.6 Å². The topological polar surface area (TPSA) is 60.7 Å². The highest BCUT2D eigenvalue weighted by Gasteiger charge is 2.59. The number of hydrogen-bond acceptors (Lipinski definition) is 3. The number of rotatable bonds is 3. The third-order valence-corrected chi connectivity index (χ3v) is 8.30. The number of aliphatic hydroxyl groups is 3. The van der Waals surface area contributed by atoms with Gasteiger partial charge in [-0.25, -0.2) is 0 Å². The predicted molar refractivity (Wildman–Crippen MR) is 91.9 cm³/mol. The van der Waals surface area contributed by atoms with Gasteiger partial charge in [0.25, 0.3) is 0 Å². The Bertz CT molecular complexity index is 439. The van der Waals surface area contributed by atoms with Crippen LogP contribution in [0.25, 0.3) is 0 Å². The van der Waals surface area contributed by atoms with E-state index < -0.39 is 0 Å². The molecule has 134 valence electrons. The molecule has 0 aromatic carbocycles. The molecule has 7 atom stereocenters. The Hall–Kier alpha value is -0.120. The molecular weight excluding hydrogens is 288 g/mol. The van der Waals surface area contributed by atoms with Crippen molar-refractivity contribution >= 4 is 0 Å². The van der Waals surface area contributed by atoms with E-state index in [1.807, 2.05) is 0 Å². The molecule has 3 saturated carbocycles. The molecule has 0 aromatic rings. The summed E-state index contributed by atoms with van der Waals surface area (Å²) < 4.78 is 0. The van der Waals surface area contributed by atoms with E-state index in [4.69, 9.17) is 0 Å². The van der Waals surface area contributed by atoms with Gasteiger partial charge in [-0.3, -0.25) is 0 Å². The van der Waals surface area contributed by atoms with E-state index in [0.717, 1.165) is 25.7 Å². The highest BCUT2D eigenvalue weighted by molar-refractivity contribution is 5.09. The molecule has 0 amide bonds. The van der Waals surface area contributed by atoms with Gasteiger partial charge in [-0.15, -0.1) is 0 Å².